The fourth-order valence-corrected chi connectivity index (χ4v) is 2.76. The Kier molecular flexibility index (Phi) is 5.55. The highest BCUT2D eigenvalue weighted by atomic mass is 35.7. The van der Waals surface area contributed by atoms with Gasteiger partial charge in [0.15, 0.2) is 0 Å². The zero-order valence-corrected chi connectivity index (χ0v) is 12.3. The van der Waals surface area contributed by atoms with Gasteiger partial charge in [-0.2, -0.15) is 0 Å². The number of hydrogen-bond donors (Lipinski definition) is 0. The molecular formula is C10H18ClN3O3S. The van der Waals surface area contributed by atoms with Gasteiger partial charge < -0.3 is 4.74 Å². The van der Waals surface area contributed by atoms with Crippen molar-refractivity contribution in [1.82, 2.24) is 14.8 Å². The van der Waals surface area contributed by atoms with E-state index < -0.39 is 9.05 Å². The highest BCUT2D eigenvalue weighted by Crippen LogP contribution is 2.24. The summed E-state index contributed by atoms with van der Waals surface area (Å²) < 4.78 is 29.4. The summed E-state index contributed by atoms with van der Waals surface area (Å²) in [6, 6.07) is 0. The molecule has 0 saturated heterocycles. The predicted molar refractivity (Wildman–Crippen MR) is 68.3 cm³/mol. The molecule has 0 saturated carbocycles. The summed E-state index contributed by atoms with van der Waals surface area (Å²) in [7, 11) is 3.02. The first-order chi connectivity index (χ1) is 8.45. The van der Waals surface area contributed by atoms with Gasteiger partial charge in [-0.3, -0.25) is 4.57 Å². The third-order valence-corrected chi connectivity index (χ3v) is 3.99. The van der Waals surface area contributed by atoms with Crippen molar-refractivity contribution in [3.05, 3.63) is 5.82 Å². The Hall–Kier alpha value is -0.660. The lowest BCUT2D eigenvalue weighted by molar-refractivity contribution is 0.183. The van der Waals surface area contributed by atoms with Crippen LogP contribution in [0.25, 0.3) is 0 Å². The number of ether oxygens (including phenoxy) is 1. The average molecular weight is 296 g/mol. The van der Waals surface area contributed by atoms with Crippen LogP contribution in [0.4, 0.5) is 0 Å². The highest BCUT2D eigenvalue weighted by Gasteiger charge is 2.25. The monoisotopic (exact) mass is 295 g/mol. The van der Waals surface area contributed by atoms with Crippen molar-refractivity contribution in [3.63, 3.8) is 0 Å². The van der Waals surface area contributed by atoms with Crippen LogP contribution >= 0.6 is 10.7 Å². The Morgan fingerprint density at radius 2 is 1.94 bits per heavy atom. The molecule has 0 fully saturated rings. The van der Waals surface area contributed by atoms with Crippen LogP contribution in [-0.4, -0.2) is 36.9 Å². The fraction of sp³-hybridized carbons (Fsp3) is 0.800. The summed E-state index contributed by atoms with van der Waals surface area (Å²) >= 11 is 0. The smallest absolute Gasteiger partial charge is 0.296 e. The van der Waals surface area contributed by atoms with Gasteiger partial charge in [0.1, 0.15) is 5.82 Å². The number of hydrogen-bond acceptors (Lipinski definition) is 5. The standard InChI is InChI=1S/C10H18ClN3O3S/c1-4-8(5-2)9-12-13-10(18(11,15)16)14(9)6-7-17-3/h8H,4-7H2,1-3H3. The molecule has 0 N–H and O–H groups in total. The molecule has 0 aromatic carbocycles. The van der Waals surface area contributed by atoms with E-state index in [1.54, 1.807) is 7.11 Å². The van der Waals surface area contributed by atoms with Crippen molar-refractivity contribution < 1.29 is 13.2 Å². The van der Waals surface area contributed by atoms with E-state index in [2.05, 4.69) is 10.2 Å². The van der Waals surface area contributed by atoms with Crippen LogP contribution in [0.5, 0.6) is 0 Å². The molecule has 0 spiro atoms. The maximum Gasteiger partial charge on any atom is 0.296 e. The fourth-order valence-electron chi connectivity index (χ4n) is 1.83. The second-order valence-electron chi connectivity index (χ2n) is 3.94. The molecule has 0 unspecified atom stereocenters. The normalized spacial score (nSPS) is 12.3. The number of rotatable bonds is 7. The number of methoxy groups -OCH3 is 1. The quantitative estimate of drug-likeness (QED) is 0.717. The minimum Gasteiger partial charge on any atom is -0.383 e. The van der Waals surface area contributed by atoms with Gasteiger partial charge in [-0.25, -0.2) is 8.42 Å². The van der Waals surface area contributed by atoms with Crippen LogP contribution < -0.4 is 0 Å². The lowest BCUT2D eigenvalue weighted by Crippen LogP contribution is -2.15. The van der Waals surface area contributed by atoms with E-state index in [1.807, 2.05) is 13.8 Å². The van der Waals surface area contributed by atoms with Crippen LogP contribution in [-0.2, 0) is 20.3 Å². The second kappa shape index (κ2) is 6.49. The molecule has 0 radical (unpaired) electrons. The molecule has 0 aliphatic heterocycles. The van der Waals surface area contributed by atoms with Gasteiger partial charge in [0, 0.05) is 30.3 Å². The second-order valence-corrected chi connectivity index (χ2v) is 6.40. The minimum atomic E-state index is -3.89. The van der Waals surface area contributed by atoms with Crippen molar-refractivity contribution in [2.24, 2.45) is 0 Å². The van der Waals surface area contributed by atoms with Crippen molar-refractivity contribution in [3.8, 4) is 0 Å². The van der Waals surface area contributed by atoms with Crippen LogP contribution in [0, 0.1) is 0 Å². The Bertz CT molecular complexity index is 483. The Morgan fingerprint density at radius 1 is 1.33 bits per heavy atom. The van der Waals surface area contributed by atoms with Gasteiger partial charge >= 0.3 is 0 Å². The minimum absolute atomic E-state index is 0.168. The molecule has 1 aromatic heterocycles. The molecule has 0 aliphatic carbocycles. The first-order valence-corrected chi connectivity index (χ1v) is 8.13. The Balaban J connectivity index is 3.23. The van der Waals surface area contributed by atoms with Crippen molar-refractivity contribution in [1.29, 1.82) is 0 Å². The number of nitrogens with zero attached hydrogens (tertiary/aromatic N) is 3. The van der Waals surface area contributed by atoms with Gasteiger partial charge in [0.2, 0.25) is 0 Å². The zero-order chi connectivity index (χ0) is 13.8. The van der Waals surface area contributed by atoms with Crippen LogP contribution in [0.1, 0.15) is 38.4 Å². The SMILES string of the molecule is CCC(CC)c1nnc(S(=O)(=O)Cl)n1CCOC. The van der Waals surface area contributed by atoms with Gasteiger partial charge in [0.25, 0.3) is 14.2 Å². The zero-order valence-electron chi connectivity index (χ0n) is 10.8. The molecule has 0 atom stereocenters. The molecule has 0 bridgehead atoms. The first-order valence-electron chi connectivity index (χ1n) is 5.82. The van der Waals surface area contributed by atoms with Gasteiger partial charge in [0.05, 0.1) is 6.61 Å². The molecule has 8 heteroatoms. The summed E-state index contributed by atoms with van der Waals surface area (Å²) in [5.74, 6) is 0.817. The lowest BCUT2D eigenvalue weighted by Gasteiger charge is -2.14. The van der Waals surface area contributed by atoms with Crippen molar-refractivity contribution >= 4 is 19.7 Å². The summed E-state index contributed by atoms with van der Waals surface area (Å²) in [6.07, 6.45) is 1.73. The molecule has 1 heterocycles. The van der Waals surface area contributed by atoms with Gasteiger partial charge in [-0.05, 0) is 12.8 Å². The summed E-state index contributed by atoms with van der Waals surface area (Å²) in [5, 5.41) is 7.46. The van der Waals surface area contributed by atoms with Gasteiger partial charge in [-0.1, -0.05) is 13.8 Å². The van der Waals surface area contributed by atoms with Crippen molar-refractivity contribution in [2.45, 2.75) is 44.3 Å². The Labute approximate surface area is 112 Å². The molecule has 0 amide bonds. The van der Waals surface area contributed by atoms with E-state index in [9.17, 15) is 8.42 Å². The van der Waals surface area contributed by atoms with E-state index in [0.29, 0.717) is 19.0 Å². The molecule has 1 rings (SSSR count). The van der Waals surface area contributed by atoms with E-state index >= 15 is 0 Å². The number of halogens is 1. The molecule has 104 valence electrons. The molecule has 6 nitrogen and oxygen atoms in total. The maximum absolute atomic E-state index is 11.4. The summed E-state index contributed by atoms with van der Waals surface area (Å²) in [6.45, 7) is 4.80. The summed E-state index contributed by atoms with van der Waals surface area (Å²) in [4.78, 5) is 0. The highest BCUT2D eigenvalue weighted by molar-refractivity contribution is 8.13. The van der Waals surface area contributed by atoms with E-state index in [0.717, 1.165) is 12.8 Å². The number of aromatic nitrogens is 3. The van der Waals surface area contributed by atoms with Crippen LogP contribution in [0.15, 0.2) is 5.16 Å². The third-order valence-electron chi connectivity index (χ3n) is 2.83. The summed E-state index contributed by atoms with van der Waals surface area (Å²) in [5.41, 5.74) is 0. The third kappa shape index (κ3) is 3.43. The average Bonchev–Trinajstić information content (AvgIpc) is 2.72. The van der Waals surface area contributed by atoms with E-state index in [1.165, 1.54) is 4.57 Å². The van der Waals surface area contributed by atoms with Crippen molar-refractivity contribution in [2.75, 3.05) is 13.7 Å². The molecule has 1 aromatic rings. The maximum atomic E-state index is 11.4. The molecule has 0 aliphatic rings. The van der Waals surface area contributed by atoms with Crippen LogP contribution in [0.2, 0.25) is 0 Å². The first kappa shape index (κ1) is 15.4. The largest absolute Gasteiger partial charge is 0.383 e. The lowest BCUT2D eigenvalue weighted by atomic mass is 10.0. The van der Waals surface area contributed by atoms with Gasteiger partial charge in [-0.15, -0.1) is 10.2 Å². The van der Waals surface area contributed by atoms with E-state index in [-0.39, 0.29) is 11.1 Å². The van der Waals surface area contributed by atoms with Crippen LogP contribution in [0.3, 0.4) is 0 Å². The predicted octanol–water partition coefficient (Wildman–Crippen LogP) is 1.76. The molecular weight excluding hydrogens is 278 g/mol. The topological polar surface area (TPSA) is 74.1 Å². The van der Waals surface area contributed by atoms with E-state index in [4.69, 9.17) is 15.4 Å². The Morgan fingerprint density at radius 3 is 2.39 bits per heavy atom. The molecule has 18 heavy (non-hydrogen) atoms.